The highest BCUT2D eigenvalue weighted by Gasteiger charge is 2.30. The van der Waals surface area contributed by atoms with Crippen molar-refractivity contribution in [2.75, 3.05) is 64.7 Å². The number of likely N-dealkylation sites (tertiary alicyclic amines) is 1. The van der Waals surface area contributed by atoms with Crippen LogP contribution in [-0.4, -0.2) is 81.9 Å². The molecule has 0 spiro atoms. The van der Waals surface area contributed by atoms with Gasteiger partial charge in [0.15, 0.2) is 0 Å². The molecule has 1 atom stereocenters. The minimum absolute atomic E-state index is 0.0224. The maximum atomic E-state index is 13.6. The average molecular weight is 606 g/mol. The summed E-state index contributed by atoms with van der Waals surface area (Å²) in [5, 5.41) is 13.1. The molecule has 1 fully saturated rings. The Balaban J connectivity index is 1.49. The Bertz CT molecular complexity index is 1380. The summed E-state index contributed by atoms with van der Waals surface area (Å²) in [5.41, 5.74) is 2.32. The predicted octanol–water partition coefficient (Wildman–Crippen LogP) is 5.18. The van der Waals surface area contributed by atoms with Gasteiger partial charge < -0.3 is 34.3 Å². The largest absolute Gasteiger partial charge is 0.495 e. The first-order valence-corrected chi connectivity index (χ1v) is 14.6. The van der Waals surface area contributed by atoms with Crippen LogP contribution < -0.4 is 20.5 Å². The highest BCUT2D eigenvalue weighted by Crippen LogP contribution is 2.32. The monoisotopic (exact) mass is 605 g/mol. The van der Waals surface area contributed by atoms with Crippen molar-refractivity contribution in [3.63, 3.8) is 0 Å². The molecule has 0 radical (unpaired) electrons. The number of nitrogens with two attached hydrogens (primary N) is 1. The smallest absolute Gasteiger partial charge is 0.406 e. The maximum absolute atomic E-state index is 13.6. The van der Waals surface area contributed by atoms with Crippen molar-refractivity contribution in [1.29, 1.82) is 0 Å². The molecule has 2 heterocycles. The number of nitrogens with one attached hydrogen (secondary N) is 2. The standard InChI is InChI=1S/C30H38F3N5O3S/c1-39-19-23(40-2)18-37-14-11-21(12-15-37)36-26-7-4-8-28-25(26)16-22(38(28)20-30(31,32)33)6-5-13-35-27-10-9-24(42-34)17-29(27)41-3/h4,7-10,16-17,21,23,35-36H,11-15,18-20,34H2,1-3H3. The first kappa shape index (κ1) is 31.8. The fourth-order valence-electron chi connectivity index (χ4n) is 5.18. The number of fused-ring (bicyclic) bond motifs is 1. The number of halogens is 3. The van der Waals surface area contributed by atoms with Crippen molar-refractivity contribution in [3.05, 3.63) is 48.2 Å². The summed E-state index contributed by atoms with van der Waals surface area (Å²) < 4.78 is 58.2. The quantitative estimate of drug-likeness (QED) is 0.193. The number of nitrogens with zero attached hydrogens (tertiary/aromatic N) is 2. The van der Waals surface area contributed by atoms with Crippen LogP contribution in [-0.2, 0) is 16.0 Å². The molecule has 8 nitrogen and oxygen atoms in total. The van der Waals surface area contributed by atoms with Gasteiger partial charge >= 0.3 is 6.18 Å². The van der Waals surface area contributed by atoms with E-state index in [9.17, 15) is 13.2 Å². The van der Waals surface area contributed by atoms with Crippen molar-refractivity contribution in [3.8, 4) is 17.6 Å². The average Bonchev–Trinajstić information content (AvgIpc) is 3.32. The summed E-state index contributed by atoms with van der Waals surface area (Å²) in [4.78, 5) is 3.20. The molecule has 3 aromatic rings. The lowest BCUT2D eigenvalue weighted by molar-refractivity contribution is -0.140. The first-order chi connectivity index (χ1) is 20.2. The van der Waals surface area contributed by atoms with Crippen LogP contribution in [0.1, 0.15) is 18.5 Å². The number of ether oxygens (including phenoxy) is 3. The van der Waals surface area contributed by atoms with Crippen LogP contribution in [0.15, 0.2) is 47.4 Å². The van der Waals surface area contributed by atoms with E-state index in [1.54, 1.807) is 45.6 Å². The zero-order valence-corrected chi connectivity index (χ0v) is 24.9. The SMILES string of the molecule is COCC(CN1CCC(Nc2cccc3c2cc(C#CCNc2ccc(SN)cc2OC)n3CC(F)(F)F)CC1)OC. The molecule has 1 aromatic heterocycles. The highest BCUT2D eigenvalue weighted by atomic mass is 32.2. The third-order valence-corrected chi connectivity index (χ3v) is 7.80. The Hall–Kier alpha value is -3.08. The second kappa shape index (κ2) is 14.9. The zero-order chi connectivity index (χ0) is 30.1. The Morgan fingerprint density at radius 1 is 1.10 bits per heavy atom. The van der Waals surface area contributed by atoms with Crippen LogP contribution >= 0.6 is 11.9 Å². The number of methoxy groups -OCH3 is 3. The van der Waals surface area contributed by atoms with Gasteiger partial charge in [0.05, 0.1) is 43.3 Å². The van der Waals surface area contributed by atoms with E-state index in [1.807, 2.05) is 18.2 Å². The van der Waals surface area contributed by atoms with Gasteiger partial charge in [0.1, 0.15) is 12.3 Å². The number of piperidine rings is 1. The molecule has 42 heavy (non-hydrogen) atoms. The minimum Gasteiger partial charge on any atom is -0.495 e. The van der Waals surface area contributed by atoms with Crippen molar-refractivity contribution in [2.24, 2.45) is 5.14 Å². The summed E-state index contributed by atoms with van der Waals surface area (Å²) >= 11 is 1.11. The maximum Gasteiger partial charge on any atom is 0.406 e. The fourth-order valence-corrected chi connectivity index (χ4v) is 5.50. The Morgan fingerprint density at radius 2 is 1.88 bits per heavy atom. The van der Waals surface area contributed by atoms with Crippen LogP contribution in [0.2, 0.25) is 0 Å². The number of anilines is 2. The summed E-state index contributed by atoms with van der Waals surface area (Å²) in [5.74, 6) is 6.53. The molecule has 4 N–H and O–H groups in total. The van der Waals surface area contributed by atoms with E-state index in [-0.39, 0.29) is 18.7 Å². The lowest BCUT2D eigenvalue weighted by Gasteiger charge is -2.34. The zero-order valence-electron chi connectivity index (χ0n) is 24.1. The molecular formula is C30H38F3N5O3S. The van der Waals surface area contributed by atoms with Crippen LogP contribution in [0.3, 0.4) is 0 Å². The van der Waals surface area contributed by atoms with Crippen LogP contribution in [0.5, 0.6) is 5.75 Å². The molecule has 1 aliphatic rings. The van der Waals surface area contributed by atoms with Crippen molar-refractivity contribution < 1.29 is 27.4 Å². The predicted molar refractivity (Wildman–Crippen MR) is 162 cm³/mol. The molecule has 228 valence electrons. The van der Waals surface area contributed by atoms with E-state index >= 15 is 0 Å². The Morgan fingerprint density at radius 3 is 2.55 bits per heavy atom. The third-order valence-electron chi connectivity index (χ3n) is 7.27. The molecule has 1 unspecified atom stereocenters. The summed E-state index contributed by atoms with van der Waals surface area (Å²) in [7, 11) is 4.91. The van der Waals surface area contributed by atoms with E-state index < -0.39 is 12.7 Å². The third kappa shape index (κ3) is 8.49. The molecule has 0 amide bonds. The first-order valence-electron chi connectivity index (χ1n) is 13.7. The van der Waals surface area contributed by atoms with Gasteiger partial charge in [-0.3, -0.25) is 5.14 Å². The molecule has 1 saturated heterocycles. The second-order valence-electron chi connectivity index (χ2n) is 10.1. The van der Waals surface area contributed by atoms with E-state index in [2.05, 4.69) is 27.4 Å². The lowest BCUT2D eigenvalue weighted by Crippen LogP contribution is -2.43. The molecular weight excluding hydrogens is 567 g/mol. The number of rotatable bonds is 12. The Kier molecular flexibility index (Phi) is 11.3. The molecule has 0 bridgehead atoms. The molecule has 0 saturated carbocycles. The van der Waals surface area contributed by atoms with Gasteiger partial charge in [-0.05, 0) is 67.1 Å². The van der Waals surface area contributed by atoms with E-state index in [0.29, 0.717) is 23.6 Å². The van der Waals surface area contributed by atoms with Crippen LogP contribution in [0.4, 0.5) is 24.5 Å². The van der Waals surface area contributed by atoms with Gasteiger partial charge in [-0.25, -0.2) is 0 Å². The van der Waals surface area contributed by atoms with Gasteiger partial charge in [0.2, 0.25) is 0 Å². The molecule has 12 heteroatoms. The number of alkyl halides is 3. The molecule has 2 aromatic carbocycles. The number of aromatic nitrogens is 1. The van der Waals surface area contributed by atoms with Gasteiger partial charge in [-0.2, -0.15) is 13.2 Å². The Labute approximate surface area is 249 Å². The highest BCUT2D eigenvalue weighted by molar-refractivity contribution is 7.97. The van der Waals surface area contributed by atoms with Crippen LogP contribution in [0, 0.1) is 11.8 Å². The van der Waals surface area contributed by atoms with Gasteiger partial charge in [0.25, 0.3) is 0 Å². The van der Waals surface area contributed by atoms with Gasteiger partial charge in [-0.1, -0.05) is 12.0 Å². The van der Waals surface area contributed by atoms with Gasteiger partial charge in [0, 0.05) is 55.9 Å². The molecule has 1 aliphatic heterocycles. The number of hydrogen-bond acceptors (Lipinski definition) is 8. The number of hydrogen-bond donors (Lipinski definition) is 3. The molecule has 4 rings (SSSR count). The van der Waals surface area contributed by atoms with E-state index in [1.165, 1.54) is 4.57 Å². The second-order valence-corrected chi connectivity index (χ2v) is 10.8. The van der Waals surface area contributed by atoms with Crippen molar-refractivity contribution >= 4 is 34.2 Å². The normalized spacial score (nSPS) is 15.3. The van der Waals surface area contributed by atoms with Gasteiger partial charge in [-0.15, -0.1) is 0 Å². The van der Waals surface area contributed by atoms with Crippen molar-refractivity contribution in [2.45, 2.75) is 42.6 Å². The lowest BCUT2D eigenvalue weighted by atomic mass is 10.0. The number of benzene rings is 2. The summed E-state index contributed by atoms with van der Waals surface area (Å²) in [6.45, 7) is 2.24. The summed E-state index contributed by atoms with van der Waals surface area (Å²) in [6, 6.07) is 12.8. The minimum atomic E-state index is -4.39. The summed E-state index contributed by atoms with van der Waals surface area (Å²) in [6.07, 6.45) is -2.55. The van der Waals surface area contributed by atoms with E-state index in [4.69, 9.17) is 19.3 Å². The fraction of sp³-hybridized carbons (Fsp3) is 0.467. The van der Waals surface area contributed by atoms with E-state index in [0.717, 1.165) is 66.1 Å². The van der Waals surface area contributed by atoms with Crippen LogP contribution in [0.25, 0.3) is 10.9 Å². The molecule has 0 aliphatic carbocycles. The topological polar surface area (TPSA) is 85.9 Å². The van der Waals surface area contributed by atoms with Crippen molar-refractivity contribution in [1.82, 2.24) is 9.47 Å².